The van der Waals surface area contributed by atoms with Crippen LogP contribution in [-0.2, 0) is 12.8 Å². The lowest BCUT2D eigenvalue weighted by molar-refractivity contribution is -0.580. The normalized spacial score (nSPS) is 10.8. The molecule has 0 atom stereocenters. The van der Waals surface area contributed by atoms with Crippen molar-refractivity contribution in [3.63, 3.8) is 0 Å². The van der Waals surface area contributed by atoms with Crippen LogP contribution in [0.5, 0.6) is 0 Å². The minimum Gasteiger partial charge on any atom is -1.00 e. The van der Waals surface area contributed by atoms with Crippen LogP contribution in [0, 0.1) is 0 Å². The van der Waals surface area contributed by atoms with Crippen molar-refractivity contribution in [3.8, 4) is 0 Å². The Kier molecular flexibility index (Phi) is 5.21. The van der Waals surface area contributed by atoms with E-state index in [1.165, 1.54) is 11.3 Å². The van der Waals surface area contributed by atoms with E-state index < -0.39 is 0 Å². The summed E-state index contributed by atoms with van der Waals surface area (Å²) >= 11 is 0. The third kappa shape index (κ3) is 2.56. The summed E-state index contributed by atoms with van der Waals surface area (Å²) < 4.78 is 2.06. The number of anilines is 1. The molecule has 4 aromatic rings. The Morgan fingerprint density at radius 3 is 2.54 bits per heavy atom. The fourth-order valence-corrected chi connectivity index (χ4v) is 3.24. The van der Waals surface area contributed by atoms with Gasteiger partial charge in [0.1, 0.15) is 5.52 Å². The largest absolute Gasteiger partial charge is 1.00 e. The van der Waals surface area contributed by atoms with E-state index in [0.717, 1.165) is 45.9 Å². The molecular weight excluding hydrogens is 343 g/mol. The highest BCUT2D eigenvalue weighted by atomic mass is 35.5. The van der Waals surface area contributed by atoms with Crippen molar-refractivity contribution in [1.82, 2.24) is 10.1 Å². The minimum absolute atomic E-state index is 0. The number of rotatable bonds is 2. The summed E-state index contributed by atoms with van der Waals surface area (Å²) in [6, 6.07) is 10.3. The Morgan fingerprint density at radius 1 is 1.08 bits per heavy atom. The highest BCUT2D eigenvalue weighted by molar-refractivity contribution is 6.13. The van der Waals surface area contributed by atoms with Crippen LogP contribution in [0.3, 0.4) is 0 Å². The van der Waals surface area contributed by atoms with Crippen LogP contribution in [0.25, 0.3) is 27.3 Å². The van der Waals surface area contributed by atoms with Crippen molar-refractivity contribution in [2.75, 3.05) is 5.73 Å². The average molecular weight is 363 g/mol. The number of aromatic amines is 1. The van der Waals surface area contributed by atoms with Crippen molar-refractivity contribution < 1.29 is 16.9 Å². The third-order valence-corrected chi connectivity index (χ3v) is 4.42. The van der Waals surface area contributed by atoms with Crippen LogP contribution >= 0.6 is 12.4 Å². The Labute approximate surface area is 152 Å². The number of fused-ring (bicyclic) bond motifs is 5. The quantitative estimate of drug-likeness (QED) is 0.405. The fraction of sp³-hybridized carbons (Fsp3) is 0.222. The lowest BCUT2D eigenvalue weighted by Crippen LogP contribution is -3.00. The number of pyridine rings is 1. The number of aryl methyl sites for hydroxylation is 2. The summed E-state index contributed by atoms with van der Waals surface area (Å²) in [6.07, 6.45) is 4.07. The number of para-hydroxylation sites is 1. The molecule has 0 bridgehead atoms. The van der Waals surface area contributed by atoms with Gasteiger partial charge in [-0.1, -0.05) is 30.5 Å². The number of aromatic nitrogens is 3. The second-order valence-electron chi connectivity index (χ2n) is 5.66. The zero-order chi connectivity index (χ0) is 15.3. The zero-order valence-electron chi connectivity index (χ0n) is 13.6. The predicted octanol–water partition coefficient (Wildman–Crippen LogP) is 0.588. The number of nitrogens with one attached hydrogen (secondary N) is 1. The van der Waals surface area contributed by atoms with Crippen LogP contribution in [-0.4, -0.2) is 10.1 Å². The molecule has 0 fully saturated rings. The summed E-state index contributed by atoms with van der Waals surface area (Å²) in [7, 11) is 0. The van der Waals surface area contributed by atoms with Gasteiger partial charge in [-0.05, 0) is 24.5 Å². The number of hydrogen-bond acceptors (Lipinski definition) is 2. The second kappa shape index (κ2) is 6.83. The van der Waals surface area contributed by atoms with Gasteiger partial charge in [-0.2, -0.15) is 5.10 Å². The molecule has 0 saturated heterocycles. The van der Waals surface area contributed by atoms with Gasteiger partial charge < -0.3 is 18.1 Å². The van der Waals surface area contributed by atoms with Gasteiger partial charge in [0.15, 0.2) is 0 Å². The number of nitrogens with zero attached hydrogens (tertiary/aromatic N) is 2. The maximum Gasteiger partial charge on any atom is 0.262 e. The van der Waals surface area contributed by atoms with Crippen molar-refractivity contribution in [1.29, 1.82) is 0 Å². The van der Waals surface area contributed by atoms with Crippen LogP contribution in [0.4, 0.5) is 5.69 Å². The summed E-state index contributed by atoms with van der Waals surface area (Å²) in [5.41, 5.74) is 12.4. The smallest absolute Gasteiger partial charge is 0.262 e. The molecular formula is C18H20Cl2N4. The fourth-order valence-electron chi connectivity index (χ4n) is 3.24. The van der Waals surface area contributed by atoms with Gasteiger partial charge in [0.05, 0.1) is 16.9 Å². The van der Waals surface area contributed by atoms with Crippen LogP contribution in [0.1, 0.15) is 25.1 Å². The van der Waals surface area contributed by atoms with E-state index in [1.54, 1.807) is 0 Å². The molecule has 24 heavy (non-hydrogen) atoms. The van der Waals surface area contributed by atoms with Gasteiger partial charge in [0.25, 0.3) is 5.52 Å². The number of halogens is 2. The molecule has 4 nitrogen and oxygen atoms in total. The van der Waals surface area contributed by atoms with Crippen LogP contribution in [0.2, 0.25) is 0 Å². The Balaban J connectivity index is 0.00000104. The van der Waals surface area contributed by atoms with Crippen molar-refractivity contribution in [2.24, 2.45) is 0 Å². The van der Waals surface area contributed by atoms with Crippen LogP contribution in [0.15, 0.2) is 36.5 Å². The molecule has 0 amide bonds. The Morgan fingerprint density at radius 2 is 1.83 bits per heavy atom. The van der Waals surface area contributed by atoms with Crippen molar-refractivity contribution in [3.05, 3.63) is 47.8 Å². The molecule has 0 aliphatic heterocycles. The predicted molar refractivity (Wildman–Crippen MR) is 97.2 cm³/mol. The maximum atomic E-state index is 6.09. The molecule has 0 aliphatic rings. The molecule has 3 heterocycles. The molecule has 4 rings (SSSR count). The van der Waals surface area contributed by atoms with Crippen LogP contribution < -0.4 is 22.7 Å². The average Bonchev–Trinajstić information content (AvgIpc) is 2.94. The molecule has 3 N–H and O–H groups in total. The van der Waals surface area contributed by atoms with E-state index in [2.05, 4.69) is 47.9 Å². The van der Waals surface area contributed by atoms with Gasteiger partial charge in [-0.3, -0.25) is 0 Å². The molecule has 6 heteroatoms. The molecule has 1 aromatic carbocycles. The highest BCUT2D eigenvalue weighted by Crippen LogP contribution is 2.30. The number of H-pyrrole nitrogens is 1. The molecule has 0 saturated carbocycles. The summed E-state index contributed by atoms with van der Waals surface area (Å²) in [5, 5.41) is 5.77. The first kappa shape index (κ1) is 18.3. The molecule has 0 aliphatic carbocycles. The molecule has 3 aromatic heterocycles. The molecule has 0 unspecified atom stereocenters. The van der Waals surface area contributed by atoms with E-state index in [9.17, 15) is 0 Å². The number of hydrogen-bond donors (Lipinski definition) is 2. The van der Waals surface area contributed by atoms with Gasteiger partial charge >= 0.3 is 0 Å². The first-order valence-corrected chi connectivity index (χ1v) is 7.76. The number of nitrogen functional groups attached to an aromatic ring is 1. The van der Waals surface area contributed by atoms with Crippen molar-refractivity contribution in [2.45, 2.75) is 26.7 Å². The number of nitrogens with two attached hydrogens (primary N) is 1. The van der Waals surface area contributed by atoms with E-state index >= 15 is 0 Å². The minimum atomic E-state index is 0. The van der Waals surface area contributed by atoms with E-state index in [1.807, 2.05) is 12.1 Å². The van der Waals surface area contributed by atoms with E-state index in [0.29, 0.717) is 0 Å². The summed E-state index contributed by atoms with van der Waals surface area (Å²) in [4.78, 5) is 4.81. The van der Waals surface area contributed by atoms with Gasteiger partial charge in [-0.15, -0.1) is 12.4 Å². The Hall–Kier alpha value is -2.04. The Bertz CT molecular complexity index is 1020. The standard InChI is InChI=1S/C18H18N4.2ClH/c1-3-11-10-16-18-13(8-9-22(16)21-15(11)4-2)12-6-5-7-14(19)17(12)20-18;;/h5-10H,3-4H2,1-2H3,(H2,19,21);2*1H. The van der Waals surface area contributed by atoms with E-state index in [4.69, 9.17) is 10.7 Å². The highest BCUT2D eigenvalue weighted by Gasteiger charge is 2.17. The lowest BCUT2D eigenvalue weighted by Gasteiger charge is -2.04. The summed E-state index contributed by atoms with van der Waals surface area (Å²) in [6.45, 7) is 4.36. The third-order valence-electron chi connectivity index (χ3n) is 4.42. The second-order valence-corrected chi connectivity index (χ2v) is 5.66. The van der Waals surface area contributed by atoms with Gasteiger partial charge in [-0.25, -0.2) is 4.98 Å². The van der Waals surface area contributed by atoms with Crippen molar-refractivity contribution >= 4 is 45.4 Å². The first-order valence-electron chi connectivity index (χ1n) is 7.76. The van der Waals surface area contributed by atoms with Gasteiger partial charge in [0.2, 0.25) is 6.20 Å². The first-order chi connectivity index (χ1) is 10.7. The monoisotopic (exact) mass is 362 g/mol. The molecule has 0 spiro atoms. The topological polar surface area (TPSA) is 58.8 Å². The number of benzene rings is 1. The lowest BCUT2D eigenvalue weighted by atomic mass is 10.1. The molecule has 126 valence electrons. The maximum absolute atomic E-state index is 6.09. The van der Waals surface area contributed by atoms with Gasteiger partial charge in [0, 0.05) is 22.9 Å². The summed E-state index contributed by atoms with van der Waals surface area (Å²) in [5.74, 6) is 0. The van der Waals surface area contributed by atoms with E-state index in [-0.39, 0.29) is 24.8 Å². The SMILES string of the molecule is CCc1cc2c3nc4c(N)cccc4c3cc[n+]2[nH]c1CC.Cl.[Cl-]. The zero-order valence-corrected chi connectivity index (χ0v) is 15.2. The molecule has 0 radical (unpaired) electrons.